The molecule has 0 bridgehead atoms. The number of amides is 3. The van der Waals surface area contributed by atoms with Crippen molar-refractivity contribution in [2.75, 3.05) is 17.2 Å². The molecule has 1 heterocycles. The number of urea groups is 1. The van der Waals surface area contributed by atoms with Crippen LogP contribution in [0.4, 0.5) is 16.3 Å². The van der Waals surface area contributed by atoms with Gasteiger partial charge >= 0.3 is 6.03 Å². The number of anilines is 2. The smallest absolute Gasteiger partial charge is 0.319 e. The largest absolute Gasteiger partial charge is 0.337 e. The molecule has 3 N–H and O–H groups in total. The van der Waals surface area contributed by atoms with E-state index in [-0.39, 0.29) is 18.9 Å². The van der Waals surface area contributed by atoms with E-state index in [2.05, 4.69) is 20.9 Å². The zero-order chi connectivity index (χ0) is 17.4. The number of hydrogen-bond acceptors (Lipinski definition) is 4. The van der Waals surface area contributed by atoms with E-state index in [1.807, 2.05) is 19.1 Å². The Kier molecular flexibility index (Phi) is 5.86. The van der Waals surface area contributed by atoms with Gasteiger partial charge in [-0.25, -0.2) is 9.78 Å². The summed E-state index contributed by atoms with van der Waals surface area (Å²) in [4.78, 5) is 27.7. The minimum absolute atomic E-state index is 0.135. The Morgan fingerprint density at radius 2 is 1.88 bits per heavy atom. The number of benzene rings is 1. The lowest BCUT2D eigenvalue weighted by Crippen LogP contribution is -2.31. The summed E-state index contributed by atoms with van der Waals surface area (Å²) >= 11 is 0. The number of hydrogen-bond donors (Lipinski definition) is 3. The number of rotatable bonds is 5. The lowest BCUT2D eigenvalue weighted by molar-refractivity contribution is -0.116. The number of aromatic nitrogens is 1. The predicted molar refractivity (Wildman–Crippen MR) is 90.4 cm³/mol. The first-order valence-corrected chi connectivity index (χ1v) is 7.35. The van der Waals surface area contributed by atoms with Crippen LogP contribution in [0.25, 0.3) is 0 Å². The van der Waals surface area contributed by atoms with E-state index in [1.165, 1.54) is 0 Å². The molecule has 7 heteroatoms. The maximum atomic E-state index is 11.8. The first-order chi connectivity index (χ1) is 11.6. The summed E-state index contributed by atoms with van der Waals surface area (Å²) in [6.45, 7) is 2.03. The molecule has 0 fully saturated rings. The minimum Gasteiger partial charge on any atom is -0.337 e. The lowest BCUT2D eigenvalue weighted by Gasteiger charge is -2.08. The summed E-state index contributed by atoms with van der Waals surface area (Å²) in [7, 11) is 0. The van der Waals surface area contributed by atoms with Crippen molar-refractivity contribution < 1.29 is 9.59 Å². The normalized spacial score (nSPS) is 9.67. The zero-order valence-electron chi connectivity index (χ0n) is 13.2. The molecule has 1 aromatic carbocycles. The van der Waals surface area contributed by atoms with Crippen LogP contribution >= 0.6 is 0 Å². The van der Waals surface area contributed by atoms with Gasteiger partial charge in [-0.1, -0.05) is 6.07 Å². The number of nitriles is 1. The Morgan fingerprint density at radius 1 is 1.12 bits per heavy atom. The van der Waals surface area contributed by atoms with E-state index < -0.39 is 6.03 Å². The van der Waals surface area contributed by atoms with Crippen LogP contribution in [0.5, 0.6) is 0 Å². The summed E-state index contributed by atoms with van der Waals surface area (Å²) in [5.74, 6) is 0.258. The first kappa shape index (κ1) is 17.0. The van der Waals surface area contributed by atoms with Crippen molar-refractivity contribution in [3.63, 3.8) is 0 Å². The van der Waals surface area contributed by atoms with Gasteiger partial charge in [-0.15, -0.1) is 0 Å². The van der Waals surface area contributed by atoms with Crippen molar-refractivity contribution in [1.29, 1.82) is 5.26 Å². The van der Waals surface area contributed by atoms with Crippen molar-refractivity contribution >= 4 is 23.4 Å². The lowest BCUT2D eigenvalue weighted by atomic mass is 10.2. The van der Waals surface area contributed by atoms with Crippen molar-refractivity contribution in [2.45, 2.75) is 13.3 Å². The fraction of sp³-hybridized carbons (Fsp3) is 0.176. The number of pyridine rings is 1. The Hall–Kier alpha value is -3.40. The van der Waals surface area contributed by atoms with Gasteiger partial charge in [-0.2, -0.15) is 5.26 Å². The Labute approximate surface area is 139 Å². The second-order valence-corrected chi connectivity index (χ2v) is 5.03. The highest BCUT2D eigenvalue weighted by atomic mass is 16.2. The number of carbonyl (C=O) groups excluding carboxylic acids is 2. The van der Waals surface area contributed by atoms with Gasteiger partial charge in [0, 0.05) is 24.3 Å². The van der Waals surface area contributed by atoms with E-state index in [4.69, 9.17) is 5.26 Å². The molecule has 0 spiro atoms. The Balaban J connectivity index is 1.71. The second-order valence-electron chi connectivity index (χ2n) is 5.03. The number of nitrogens with zero attached hydrogens (tertiary/aromatic N) is 2. The van der Waals surface area contributed by atoms with E-state index in [0.717, 1.165) is 5.69 Å². The molecule has 0 aliphatic heterocycles. The van der Waals surface area contributed by atoms with Gasteiger partial charge < -0.3 is 16.0 Å². The van der Waals surface area contributed by atoms with Crippen LogP contribution in [0.2, 0.25) is 0 Å². The molecule has 2 rings (SSSR count). The summed E-state index contributed by atoms with van der Waals surface area (Å²) < 4.78 is 0. The predicted octanol–water partition coefficient (Wildman–Crippen LogP) is 2.41. The number of carbonyl (C=O) groups is 2. The van der Waals surface area contributed by atoms with Crippen molar-refractivity contribution in [1.82, 2.24) is 10.3 Å². The molecule has 24 heavy (non-hydrogen) atoms. The van der Waals surface area contributed by atoms with E-state index >= 15 is 0 Å². The highest BCUT2D eigenvalue weighted by molar-refractivity contribution is 5.91. The summed E-state index contributed by atoms with van der Waals surface area (Å²) in [5, 5.41) is 16.6. The number of nitrogens with one attached hydrogen (secondary N) is 3. The minimum atomic E-state index is -0.416. The van der Waals surface area contributed by atoms with Gasteiger partial charge in [0.05, 0.1) is 11.6 Å². The van der Waals surface area contributed by atoms with Gasteiger partial charge in [0.1, 0.15) is 5.82 Å². The first-order valence-electron chi connectivity index (χ1n) is 7.35. The van der Waals surface area contributed by atoms with Crippen LogP contribution in [0.15, 0.2) is 42.5 Å². The summed E-state index contributed by atoms with van der Waals surface area (Å²) in [6.07, 6.45) is 0.135. The molecule has 0 aliphatic carbocycles. The average Bonchev–Trinajstić information content (AvgIpc) is 2.55. The molecule has 0 unspecified atom stereocenters. The highest BCUT2D eigenvalue weighted by Crippen LogP contribution is 2.08. The van der Waals surface area contributed by atoms with Gasteiger partial charge in [-0.3, -0.25) is 4.79 Å². The molecule has 0 saturated heterocycles. The third-order valence-electron chi connectivity index (χ3n) is 3.07. The average molecular weight is 323 g/mol. The summed E-state index contributed by atoms with van der Waals surface area (Å²) in [6, 6.07) is 13.4. The molecule has 1 aromatic heterocycles. The molecule has 0 radical (unpaired) electrons. The standard InChI is InChI=1S/C17H17N5O2/c1-12-3-2-4-15(20-12)22-16(23)9-10-19-17(24)21-14-7-5-13(11-18)6-8-14/h2-8H,9-10H2,1H3,(H2,19,21,24)(H,20,22,23). The van der Waals surface area contributed by atoms with Crippen molar-refractivity contribution in [2.24, 2.45) is 0 Å². The zero-order valence-corrected chi connectivity index (χ0v) is 13.2. The third kappa shape index (κ3) is 5.42. The van der Waals surface area contributed by atoms with Crippen LogP contribution in [0.3, 0.4) is 0 Å². The maximum absolute atomic E-state index is 11.8. The van der Waals surface area contributed by atoms with Crippen LogP contribution in [-0.2, 0) is 4.79 Å². The second kappa shape index (κ2) is 8.29. The maximum Gasteiger partial charge on any atom is 0.319 e. The molecular weight excluding hydrogens is 306 g/mol. The third-order valence-corrected chi connectivity index (χ3v) is 3.07. The Bertz CT molecular complexity index is 765. The molecular formula is C17H17N5O2. The van der Waals surface area contributed by atoms with Crippen LogP contribution in [-0.4, -0.2) is 23.5 Å². The number of aryl methyl sites for hydroxylation is 1. The van der Waals surface area contributed by atoms with Crippen molar-refractivity contribution in [3.8, 4) is 6.07 Å². The molecule has 2 aromatic rings. The van der Waals surface area contributed by atoms with E-state index in [9.17, 15) is 9.59 Å². The van der Waals surface area contributed by atoms with Crippen LogP contribution in [0, 0.1) is 18.3 Å². The van der Waals surface area contributed by atoms with Crippen molar-refractivity contribution in [3.05, 3.63) is 53.7 Å². The molecule has 3 amide bonds. The fourth-order valence-electron chi connectivity index (χ4n) is 1.91. The van der Waals surface area contributed by atoms with E-state index in [0.29, 0.717) is 17.1 Å². The fourth-order valence-corrected chi connectivity index (χ4v) is 1.91. The topological polar surface area (TPSA) is 107 Å². The molecule has 122 valence electrons. The SMILES string of the molecule is Cc1cccc(NC(=O)CCNC(=O)Nc2ccc(C#N)cc2)n1. The Morgan fingerprint density at radius 3 is 2.54 bits per heavy atom. The summed E-state index contributed by atoms with van der Waals surface area (Å²) in [5.41, 5.74) is 1.90. The molecule has 0 aliphatic rings. The monoisotopic (exact) mass is 323 g/mol. The van der Waals surface area contributed by atoms with Gasteiger partial charge in [-0.05, 0) is 43.3 Å². The molecule has 0 atom stereocenters. The van der Waals surface area contributed by atoms with E-state index in [1.54, 1.807) is 36.4 Å². The van der Waals surface area contributed by atoms with Gasteiger partial charge in [0.25, 0.3) is 0 Å². The molecule has 0 saturated carbocycles. The van der Waals surface area contributed by atoms with Crippen LogP contribution in [0.1, 0.15) is 17.7 Å². The van der Waals surface area contributed by atoms with Gasteiger partial charge in [0.2, 0.25) is 5.91 Å². The van der Waals surface area contributed by atoms with Crippen LogP contribution < -0.4 is 16.0 Å². The highest BCUT2D eigenvalue weighted by Gasteiger charge is 2.06. The quantitative estimate of drug-likeness (QED) is 0.785. The molecule has 7 nitrogen and oxygen atoms in total. The van der Waals surface area contributed by atoms with Gasteiger partial charge in [0.15, 0.2) is 0 Å².